The predicted molar refractivity (Wildman–Crippen MR) is 31.1 cm³/mol. The summed E-state index contributed by atoms with van der Waals surface area (Å²) in [7, 11) is 0. The highest BCUT2D eigenvalue weighted by Crippen LogP contribution is 2.43. The first-order chi connectivity index (χ1) is 6.82. The zero-order valence-corrected chi connectivity index (χ0v) is 6.93. The van der Waals surface area contributed by atoms with E-state index in [0.29, 0.717) is 0 Å². The summed E-state index contributed by atoms with van der Waals surface area (Å²) in [6.45, 7) is 0. The largest absolute Gasteiger partial charge is 0.460 e. The Kier molecular flexibility index (Phi) is 3.88. The molecule has 0 radical (unpaired) electrons. The van der Waals surface area contributed by atoms with E-state index in [1.165, 1.54) is 0 Å². The smallest absolute Gasteiger partial charge is 0.205 e. The maximum absolute atomic E-state index is 12.1. The minimum Gasteiger partial charge on any atom is -0.205 e. The van der Waals surface area contributed by atoms with Crippen LogP contribution in [0.3, 0.4) is 0 Å². The zero-order valence-electron chi connectivity index (χ0n) is 6.93. The molecule has 0 saturated carbocycles. The second-order valence-corrected chi connectivity index (χ2v) is 2.54. The van der Waals surface area contributed by atoms with Crippen molar-refractivity contribution in [3.8, 4) is 0 Å². The molecule has 0 nitrogen and oxygen atoms in total. The first kappa shape index (κ1) is 15.0. The topological polar surface area (TPSA) is 0 Å². The molecule has 0 aromatic carbocycles. The van der Waals surface area contributed by atoms with Crippen molar-refractivity contribution in [2.45, 2.75) is 24.4 Å². The molecule has 0 rings (SSSR count). The lowest BCUT2D eigenvalue weighted by molar-refractivity contribution is -0.271. The molecule has 0 heterocycles. The normalized spacial score (nSPS) is 15.8. The molecule has 0 aliphatic carbocycles. The summed E-state index contributed by atoms with van der Waals surface area (Å²) in [5, 5.41) is 0. The van der Waals surface area contributed by atoms with E-state index in [1.807, 2.05) is 0 Å². The monoisotopic (exact) mass is 264 g/mol. The van der Waals surface area contributed by atoms with Crippen LogP contribution in [-0.2, 0) is 0 Å². The van der Waals surface area contributed by atoms with Crippen LogP contribution in [0.15, 0.2) is 11.9 Å². The SMILES string of the molecule is F/C(=C\C(F)(F)C(F)F)C(F)(F)C(F)(F)F. The lowest BCUT2D eigenvalue weighted by Crippen LogP contribution is -2.38. The Morgan fingerprint density at radius 2 is 1.25 bits per heavy atom. The van der Waals surface area contributed by atoms with Gasteiger partial charge in [0.15, 0.2) is 5.83 Å². The standard InChI is InChI=1S/C6H2F10/c7-2(1-4(10,11)3(8)9)5(12,13)6(14,15)16/h1,3H/b2-1-. The van der Waals surface area contributed by atoms with Crippen LogP contribution in [0.25, 0.3) is 0 Å². The van der Waals surface area contributed by atoms with Gasteiger partial charge in [0.05, 0.1) is 0 Å². The molecular weight excluding hydrogens is 262 g/mol. The molecule has 0 fully saturated rings. The lowest BCUT2D eigenvalue weighted by Gasteiger charge is -2.19. The Labute approximate surface area is 81.5 Å². The molecule has 0 atom stereocenters. The summed E-state index contributed by atoms with van der Waals surface area (Å²) in [4.78, 5) is 0. The Balaban J connectivity index is 5.22. The highest BCUT2D eigenvalue weighted by molar-refractivity contribution is 5.12. The molecule has 10 heteroatoms. The maximum atomic E-state index is 12.1. The molecule has 0 unspecified atom stereocenters. The fourth-order valence-electron chi connectivity index (χ4n) is 0.458. The number of alkyl halides is 9. The Morgan fingerprint density at radius 3 is 1.50 bits per heavy atom. The van der Waals surface area contributed by atoms with Crippen LogP contribution in [0.5, 0.6) is 0 Å². The van der Waals surface area contributed by atoms with E-state index >= 15 is 0 Å². The van der Waals surface area contributed by atoms with E-state index in [4.69, 9.17) is 0 Å². The molecule has 16 heavy (non-hydrogen) atoms. The van der Waals surface area contributed by atoms with Gasteiger partial charge < -0.3 is 0 Å². The van der Waals surface area contributed by atoms with Gasteiger partial charge in [-0.25, -0.2) is 13.2 Å². The molecule has 0 aliphatic heterocycles. The Bertz CT molecular complexity index is 272. The first-order valence-corrected chi connectivity index (χ1v) is 3.31. The zero-order chi connectivity index (χ0) is 13.4. The number of hydrogen-bond donors (Lipinski definition) is 0. The fourth-order valence-corrected chi connectivity index (χ4v) is 0.458. The van der Waals surface area contributed by atoms with Crippen LogP contribution in [0, 0.1) is 0 Å². The highest BCUT2D eigenvalue weighted by Gasteiger charge is 2.62. The van der Waals surface area contributed by atoms with E-state index in [9.17, 15) is 43.9 Å². The average Bonchev–Trinajstić information content (AvgIpc) is 2.00. The minimum atomic E-state index is -6.48. The number of rotatable bonds is 3. The molecule has 0 aromatic rings. The third-order valence-electron chi connectivity index (χ3n) is 1.27. The average molecular weight is 264 g/mol. The van der Waals surface area contributed by atoms with Gasteiger partial charge in [-0.1, -0.05) is 0 Å². The first-order valence-electron chi connectivity index (χ1n) is 3.31. The van der Waals surface area contributed by atoms with Gasteiger partial charge in [-0.2, -0.15) is 30.7 Å². The van der Waals surface area contributed by atoms with Crippen molar-refractivity contribution in [3.05, 3.63) is 11.9 Å². The maximum Gasteiger partial charge on any atom is 0.460 e. The van der Waals surface area contributed by atoms with Crippen molar-refractivity contribution >= 4 is 0 Å². The van der Waals surface area contributed by atoms with Crippen LogP contribution < -0.4 is 0 Å². The summed E-state index contributed by atoms with van der Waals surface area (Å²) in [5.41, 5.74) is 0. The fraction of sp³-hybridized carbons (Fsp3) is 0.667. The second kappa shape index (κ2) is 4.13. The van der Waals surface area contributed by atoms with Gasteiger partial charge in [0.1, 0.15) is 0 Å². The Morgan fingerprint density at radius 1 is 0.875 bits per heavy atom. The van der Waals surface area contributed by atoms with Gasteiger partial charge in [0.2, 0.25) is 0 Å². The van der Waals surface area contributed by atoms with Crippen molar-refractivity contribution in [2.75, 3.05) is 0 Å². The quantitative estimate of drug-likeness (QED) is 0.677. The molecule has 0 spiro atoms. The van der Waals surface area contributed by atoms with Gasteiger partial charge in [0.25, 0.3) is 0 Å². The summed E-state index contributed by atoms with van der Waals surface area (Å²) in [6.07, 6.45) is -12.8. The molecule has 96 valence electrons. The van der Waals surface area contributed by atoms with Gasteiger partial charge in [-0.15, -0.1) is 0 Å². The van der Waals surface area contributed by atoms with Gasteiger partial charge in [-0.3, -0.25) is 0 Å². The van der Waals surface area contributed by atoms with Crippen molar-refractivity contribution < 1.29 is 43.9 Å². The summed E-state index contributed by atoms with van der Waals surface area (Å²) in [6, 6.07) is 0. The number of hydrogen-bond acceptors (Lipinski definition) is 0. The van der Waals surface area contributed by atoms with Gasteiger partial charge in [-0.05, 0) is 0 Å². The van der Waals surface area contributed by atoms with Gasteiger partial charge >= 0.3 is 24.4 Å². The van der Waals surface area contributed by atoms with Crippen LogP contribution in [0.4, 0.5) is 43.9 Å². The van der Waals surface area contributed by atoms with Crippen LogP contribution in [-0.4, -0.2) is 24.4 Å². The summed E-state index contributed by atoms with van der Waals surface area (Å²) >= 11 is 0. The molecule has 0 bridgehead atoms. The predicted octanol–water partition coefficient (Wildman–Crippen LogP) is 3.94. The van der Waals surface area contributed by atoms with Crippen LogP contribution >= 0.6 is 0 Å². The molecular formula is C6H2F10. The van der Waals surface area contributed by atoms with Crippen molar-refractivity contribution in [2.24, 2.45) is 0 Å². The minimum absolute atomic E-state index is 1.74. The van der Waals surface area contributed by atoms with E-state index in [1.54, 1.807) is 0 Å². The molecule has 0 saturated heterocycles. The van der Waals surface area contributed by atoms with Crippen LogP contribution in [0.2, 0.25) is 0 Å². The number of allylic oxidation sites excluding steroid dienone is 2. The third-order valence-corrected chi connectivity index (χ3v) is 1.27. The van der Waals surface area contributed by atoms with E-state index < -0.39 is 36.3 Å². The van der Waals surface area contributed by atoms with Gasteiger partial charge in [0, 0.05) is 6.08 Å². The highest BCUT2D eigenvalue weighted by atomic mass is 19.4. The molecule has 0 N–H and O–H groups in total. The molecule has 0 aromatic heterocycles. The molecule has 0 amide bonds. The van der Waals surface area contributed by atoms with E-state index in [-0.39, 0.29) is 0 Å². The summed E-state index contributed by atoms with van der Waals surface area (Å²) < 4.78 is 117. The number of halogens is 10. The van der Waals surface area contributed by atoms with Crippen molar-refractivity contribution in [1.82, 2.24) is 0 Å². The van der Waals surface area contributed by atoms with Crippen LogP contribution in [0.1, 0.15) is 0 Å². The summed E-state index contributed by atoms with van der Waals surface area (Å²) in [5.74, 6) is -15.3. The van der Waals surface area contributed by atoms with E-state index in [0.717, 1.165) is 0 Å². The molecule has 0 aliphatic rings. The van der Waals surface area contributed by atoms with Crippen molar-refractivity contribution in [3.63, 3.8) is 0 Å². The van der Waals surface area contributed by atoms with Crippen molar-refractivity contribution in [1.29, 1.82) is 0 Å². The second-order valence-electron chi connectivity index (χ2n) is 2.54. The Hall–Kier alpha value is -0.960. The lowest BCUT2D eigenvalue weighted by atomic mass is 10.2. The third kappa shape index (κ3) is 3.01. The van der Waals surface area contributed by atoms with E-state index in [2.05, 4.69) is 0 Å².